The minimum Gasteiger partial charge on any atom is -0.339 e. The molecule has 0 radical (unpaired) electrons. The van der Waals surface area contributed by atoms with Crippen molar-refractivity contribution in [3.05, 3.63) is 49.6 Å². The van der Waals surface area contributed by atoms with Gasteiger partial charge >= 0.3 is 32.3 Å². The SMILES string of the molecule is O=S(=O)(Oc1ncncn1)c1ccc(S(=O)(=O)Oc2ncncn2)cc1. The summed E-state index contributed by atoms with van der Waals surface area (Å²) in [5.74, 6) is 0. The quantitative estimate of drug-likeness (QED) is 0.495. The topological polar surface area (TPSA) is 164 Å². The summed E-state index contributed by atoms with van der Waals surface area (Å²) in [4.78, 5) is 20.6. The molecule has 0 atom stereocenters. The molecule has 0 saturated carbocycles. The third kappa shape index (κ3) is 4.04. The van der Waals surface area contributed by atoms with Crippen LogP contribution in [-0.2, 0) is 20.2 Å². The first kappa shape index (κ1) is 17.6. The standard InChI is InChI=1S/C12H8N6O6S2/c19-25(20,23-11-15-5-13-6-16-11)9-1-2-10(4-3-9)26(21,22)24-12-17-7-14-8-18-12/h1-8H. The van der Waals surface area contributed by atoms with Crippen LogP contribution in [0.1, 0.15) is 0 Å². The van der Waals surface area contributed by atoms with E-state index in [1.807, 2.05) is 0 Å². The molecule has 0 aliphatic rings. The molecule has 0 aliphatic carbocycles. The summed E-state index contributed by atoms with van der Waals surface area (Å²) in [6, 6.07) is 3.27. The van der Waals surface area contributed by atoms with Crippen LogP contribution in [0.4, 0.5) is 0 Å². The second-order valence-corrected chi connectivity index (χ2v) is 7.48. The van der Waals surface area contributed by atoms with Gasteiger partial charge in [-0.25, -0.2) is 9.97 Å². The molecule has 0 fully saturated rings. The molecular weight excluding hydrogens is 388 g/mol. The Kier molecular flexibility index (Phi) is 4.68. The highest BCUT2D eigenvalue weighted by Crippen LogP contribution is 2.19. The van der Waals surface area contributed by atoms with E-state index in [0.29, 0.717) is 0 Å². The van der Waals surface area contributed by atoms with Crippen molar-refractivity contribution in [1.82, 2.24) is 29.9 Å². The maximum Gasteiger partial charge on any atom is 0.341 e. The van der Waals surface area contributed by atoms with Crippen molar-refractivity contribution < 1.29 is 25.2 Å². The first-order valence-electron chi connectivity index (χ1n) is 6.60. The van der Waals surface area contributed by atoms with Crippen molar-refractivity contribution in [2.24, 2.45) is 0 Å². The summed E-state index contributed by atoms with van der Waals surface area (Å²) < 4.78 is 57.9. The van der Waals surface area contributed by atoms with Crippen molar-refractivity contribution in [3.63, 3.8) is 0 Å². The Morgan fingerprint density at radius 1 is 0.577 bits per heavy atom. The van der Waals surface area contributed by atoms with E-state index in [1.165, 1.54) is 0 Å². The lowest BCUT2D eigenvalue weighted by Crippen LogP contribution is -2.14. The molecule has 134 valence electrons. The molecule has 0 spiro atoms. The number of aromatic nitrogens is 6. The van der Waals surface area contributed by atoms with Gasteiger partial charge < -0.3 is 8.37 Å². The number of rotatable bonds is 6. The second-order valence-electron chi connectivity index (χ2n) is 4.39. The molecule has 0 bridgehead atoms. The van der Waals surface area contributed by atoms with Crippen molar-refractivity contribution in [1.29, 1.82) is 0 Å². The number of nitrogens with zero attached hydrogens (tertiary/aromatic N) is 6. The maximum atomic E-state index is 12.1. The van der Waals surface area contributed by atoms with Gasteiger partial charge in [0.1, 0.15) is 35.1 Å². The smallest absolute Gasteiger partial charge is 0.339 e. The molecule has 3 aromatic rings. The summed E-state index contributed by atoms with van der Waals surface area (Å²) in [7, 11) is -8.51. The van der Waals surface area contributed by atoms with Crippen LogP contribution in [0.3, 0.4) is 0 Å². The van der Waals surface area contributed by atoms with Crippen LogP contribution in [0, 0.1) is 0 Å². The monoisotopic (exact) mass is 396 g/mol. The lowest BCUT2D eigenvalue weighted by atomic mass is 10.4. The molecule has 1 aromatic carbocycles. The summed E-state index contributed by atoms with van der Waals surface area (Å²) >= 11 is 0. The van der Waals surface area contributed by atoms with Crippen LogP contribution in [0.25, 0.3) is 0 Å². The number of hydrogen-bond donors (Lipinski definition) is 0. The largest absolute Gasteiger partial charge is 0.341 e. The minimum atomic E-state index is -4.26. The van der Waals surface area contributed by atoms with E-state index in [1.54, 1.807) is 0 Å². The molecule has 0 N–H and O–H groups in total. The van der Waals surface area contributed by atoms with Gasteiger partial charge in [-0.15, -0.1) is 0 Å². The molecule has 0 aliphatic heterocycles. The van der Waals surface area contributed by atoms with E-state index >= 15 is 0 Å². The summed E-state index contributed by atoms with van der Waals surface area (Å²) in [5.41, 5.74) is 0. The highest BCUT2D eigenvalue weighted by atomic mass is 32.2. The van der Waals surface area contributed by atoms with Crippen LogP contribution < -0.4 is 8.37 Å². The fourth-order valence-electron chi connectivity index (χ4n) is 1.61. The Morgan fingerprint density at radius 2 is 0.885 bits per heavy atom. The molecule has 0 unspecified atom stereocenters. The summed E-state index contributed by atoms with van der Waals surface area (Å²) in [6.07, 6.45) is 4.25. The zero-order valence-electron chi connectivity index (χ0n) is 12.6. The van der Waals surface area contributed by atoms with Gasteiger partial charge in [0, 0.05) is 0 Å². The third-order valence-electron chi connectivity index (χ3n) is 2.71. The molecule has 0 amide bonds. The molecule has 0 saturated heterocycles. The molecule has 2 heterocycles. The van der Waals surface area contributed by atoms with E-state index in [9.17, 15) is 16.8 Å². The van der Waals surface area contributed by atoms with Crippen LogP contribution >= 0.6 is 0 Å². The Hall–Kier alpha value is -3.26. The van der Waals surface area contributed by atoms with Crippen LogP contribution in [0.15, 0.2) is 59.4 Å². The fraction of sp³-hybridized carbons (Fsp3) is 0. The van der Waals surface area contributed by atoms with Crippen molar-refractivity contribution in [2.45, 2.75) is 9.79 Å². The molecule has 14 heteroatoms. The van der Waals surface area contributed by atoms with E-state index in [0.717, 1.165) is 49.6 Å². The molecule has 26 heavy (non-hydrogen) atoms. The van der Waals surface area contributed by atoms with Gasteiger partial charge in [-0.2, -0.15) is 36.8 Å². The lowest BCUT2D eigenvalue weighted by molar-refractivity contribution is 0.458. The van der Waals surface area contributed by atoms with E-state index in [-0.39, 0.29) is 9.79 Å². The first-order valence-corrected chi connectivity index (χ1v) is 9.41. The van der Waals surface area contributed by atoms with E-state index in [4.69, 9.17) is 8.37 Å². The van der Waals surface area contributed by atoms with Crippen LogP contribution in [-0.4, -0.2) is 46.7 Å². The Bertz CT molecular complexity index is 1000. The Morgan fingerprint density at radius 3 is 1.19 bits per heavy atom. The Balaban J connectivity index is 1.81. The molecule has 3 rings (SSSR count). The van der Waals surface area contributed by atoms with Gasteiger partial charge in [0.25, 0.3) is 0 Å². The van der Waals surface area contributed by atoms with Gasteiger partial charge in [0.2, 0.25) is 0 Å². The average Bonchev–Trinajstić information content (AvgIpc) is 2.63. The van der Waals surface area contributed by atoms with Crippen molar-refractivity contribution >= 4 is 20.2 Å². The number of benzene rings is 1. The van der Waals surface area contributed by atoms with Gasteiger partial charge in [0.05, 0.1) is 0 Å². The van der Waals surface area contributed by atoms with Crippen molar-refractivity contribution in [3.8, 4) is 12.0 Å². The van der Waals surface area contributed by atoms with Gasteiger partial charge in [-0.3, -0.25) is 0 Å². The van der Waals surface area contributed by atoms with Gasteiger partial charge in [-0.1, -0.05) is 0 Å². The summed E-state index contributed by atoms with van der Waals surface area (Å²) in [6.45, 7) is 0. The lowest BCUT2D eigenvalue weighted by Gasteiger charge is -2.07. The fourth-order valence-corrected chi connectivity index (χ4v) is 3.30. The molecule has 12 nitrogen and oxygen atoms in total. The van der Waals surface area contributed by atoms with E-state index < -0.39 is 32.3 Å². The highest BCUT2D eigenvalue weighted by Gasteiger charge is 2.22. The van der Waals surface area contributed by atoms with Crippen LogP contribution in [0.2, 0.25) is 0 Å². The predicted octanol–water partition coefficient (Wildman–Crippen LogP) is -0.408. The van der Waals surface area contributed by atoms with Gasteiger partial charge in [0.15, 0.2) is 0 Å². The zero-order chi connectivity index (χ0) is 18.6. The number of hydrogen-bond acceptors (Lipinski definition) is 12. The highest BCUT2D eigenvalue weighted by molar-refractivity contribution is 7.87. The van der Waals surface area contributed by atoms with Crippen LogP contribution in [0.5, 0.6) is 12.0 Å². The average molecular weight is 396 g/mol. The Labute approximate surface area is 147 Å². The first-order chi connectivity index (χ1) is 12.4. The zero-order valence-corrected chi connectivity index (χ0v) is 14.2. The second kappa shape index (κ2) is 6.93. The van der Waals surface area contributed by atoms with Crippen molar-refractivity contribution in [2.75, 3.05) is 0 Å². The predicted molar refractivity (Wildman–Crippen MR) is 81.7 cm³/mol. The molecular formula is C12H8N6O6S2. The van der Waals surface area contributed by atoms with Gasteiger partial charge in [-0.05, 0) is 24.3 Å². The van der Waals surface area contributed by atoms with E-state index in [2.05, 4.69) is 29.9 Å². The normalized spacial score (nSPS) is 11.7. The minimum absolute atomic E-state index is 0.308. The molecule has 2 aromatic heterocycles. The maximum absolute atomic E-state index is 12.1. The third-order valence-corrected chi connectivity index (χ3v) is 5.14. The summed E-state index contributed by atoms with van der Waals surface area (Å²) in [5, 5.41) is 0.